The highest BCUT2D eigenvalue weighted by Gasteiger charge is 2.18. The molecule has 17 heavy (non-hydrogen) atoms. The fraction of sp³-hybridized carbons (Fsp3) is 0.929. The van der Waals surface area contributed by atoms with E-state index >= 15 is 0 Å². The van der Waals surface area contributed by atoms with E-state index in [0.717, 1.165) is 38.8 Å². The summed E-state index contributed by atoms with van der Waals surface area (Å²) in [5, 5.41) is 6.58. The van der Waals surface area contributed by atoms with Crippen molar-refractivity contribution in [2.24, 2.45) is 5.92 Å². The van der Waals surface area contributed by atoms with E-state index in [1.807, 2.05) is 0 Å². The largest absolute Gasteiger partial charge is 0.354 e. The van der Waals surface area contributed by atoms with Crippen molar-refractivity contribution in [2.45, 2.75) is 64.8 Å². The Morgan fingerprint density at radius 1 is 1.29 bits per heavy atom. The maximum absolute atomic E-state index is 12.0. The topological polar surface area (TPSA) is 41.1 Å². The van der Waals surface area contributed by atoms with Crippen LogP contribution in [0.5, 0.6) is 0 Å². The summed E-state index contributed by atoms with van der Waals surface area (Å²) in [7, 11) is 0. The van der Waals surface area contributed by atoms with E-state index in [0.29, 0.717) is 6.04 Å². The number of nitrogens with one attached hydrogen (secondary N) is 2. The molecule has 1 atom stereocenters. The van der Waals surface area contributed by atoms with Gasteiger partial charge in [-0.25, -0.2) is 0 Å². The number of hydrogen-bond acceptors (Lipinski definition) is 2. The zero-order valence-electron chi connectivity index (χ0n) is 11.4. The van der Waals surface area contributed by atoms with Crippen molar-refractivity contribution in [3.63, 3.8) is 0 Å². The van der Waals surface area contributed by atoms with E-state index in [1.54, 1.807) is 0 Å². The van der Waals surface area contributed by atoms with E-state index in [4.69, 9.17) is 0 Å². The summed E-state index contributed by atoms with van der Waals surface area (Å²) in [6.45, 7) is 6.22. The van der Waals surface area contributed by atoms with E-state index in [9.17, 15) is 4.79 Å². The van der Waals surface area contributed by atoms with Gasteiger partial charge < -0.3 is 10.6 Å². The second-order valence-corrected chi connectivity index (χ2v) is 5.17. The van der Waals surface area contributed by atoms with Crippen LogP contribution >= 0.6 is 0 Å². The summed E-state index contributed by atoms with van der Waals surface area (Å²) >= 11 is 0. The summed E-state index contributed by atoms with van der Waals surface area (Å²) < 4.78 is 0. The monoisotopic (exact) mass is 240 g/mol. The molecule has 3 heteroatoms. The highest BCUT2D eigenvalue weighted by atomic mass is 16.1. The van der Waals surface area contributed by atoms with Crippen LogP contribution in [-0.4, -0.2) is 25.0 Å². The lowest BCUT2D eigenvalue weighted by atomic mass is 9.97. The minimum absolute atomic E-state index is 0.230. The Morgan fingerprint density at radius 2 is 2.00 bits per heavy atom. The molecule has 1 rings (SSSR count). The molecule has 0 radical (unpaired) electrons. The molecule has 1 aliphatic heterocycles. The van der Waals surface area contributed by atoms with Crippen LogP contribution in [0, 0.1) is 5.92 Å². The Hall–Kier alpha value is -0.570. The third-order valence-electron chi connectivity index (χ3n) is 3.58. The Morgan fingerprint density at radius 3 is 2.53 bits per heavy atom. The van der Waals surface area contributed by atoms with E-state index in [-0.39, 0.29) is 11.8 Å². The molecule has 0 aliphatic carbocycles. The predicted octanol–water partition coefficient (Wildman–Crippen LogP) is 2.46. The summed E-state index contributed by atoms with van der Waals surface area (Å²) in [5.41, 5.74) is 0. The average Bonchev–Trinajstić information content (AvgIpc) is 2.37. The SMILES string of the molecule is CCCC(CCC)C(=O)NCC1CCCCN1. The summed E-state index contributed by atoms with van der Waals surface area (Å²) in [4.78, 5) is 12.0. The molecule has 3 nitrogen and oxygen atoms in total. The van der Waals surface area contributed by atoms with Crippen LogP contribution in [0.25, 0.3) is 0 Å². The molecule has 0 aromatic rings. The Labute approximate surface area is 106 Å². The Kier molecular flexibility index (Phi) is 7.25. The fourth-order valence-corrected chi connectivity index (χ4v) is 2.57. The Bertz CT molecular complexity index is 206. The molecule has 1 saturated heterocycles. The second-order valence-electron chi connectivity index (χ2n) is 5.17. The second kappa shape index (κ2) is 8.51. The van der Waals surface area contributed by atoms with Crippen molar-refractivity contribution < 1.29 is 4.79 Å². The quantitative estimate of drug-likeness (QED) is 0.718. The van der Waals surface area contributed by atoms with E-state index < -0.39 is 0 Å². The number of rotatable bonds is 7. The molecule has 1 aliphatic rings. The van der Waals surface area contributed by atoms with Gasteiger partial charge in [-0.3, -0.25) is 4.79 Å². The lowest BCUT2D eigenvalue weighted by Crippen LogP contribution is -2.44. The average molecular weight is 240 g/mol. The van der Waals surface area contributed by atoms with Crippen molar-refractivity contribution in [1.82, 2.24) is 10.6 Å². The maximum atomic E-state index is 12.0. The first-order valence-corrected chi connectivity index (χ1v) is 7.29. The van der Waals surface area contributed by atoms with Crippen molar-refractivity contribution >= 4 is 5.91 Å². The maximum Gasteiger partial charge on any atom is 0.223 e. The van der Waals surface area contributed by atoms with Crippen LogP contribution in [0.15, 0.2) is 0 Å². The van der Waals surface area contributed by atoms with Crippen LogP contribution in [0.3, 0.4) is 0 Å². The van der Waals surface area contributed by atoms with Gasteiger partial charge in [-0.2, -0.15) is 0 Å². The molecule has 0 bridgehead atoms. The first-order chi connectivity index (χ1) is 8.27. The van der Waals surface area contributed by atoms with Gasteiger partial charge in [0.15, 0.2) is 0 Å². The molecule has 1 unspecified atom stereocenters. The molecule has 0 aromatic heterocycles. The zero-order chi connectivity index (χ0) is 12.5. The van der Waals surface area contributed by atoms with Crippen LogP contribution in [0.2, 0.25) is 0 Å². The van der Waals surface area contributed by atoms with Crippen LogP contribution in [0.4, 0.5) is 0 Å². The minimum Gasteiger partial charge on any atom is -0.354 e. The molecule has 2 N–H and O–H groups in total. The normalized spacial score (nSPS) is 20.5. The smallest absolute Gasteiger partial charge is 0.223 e. The summed E-state index contributed by atoms with van der Waals surface area (Å²) in [5.74, 6) is 0.495. The number of carbonyl (C=O) groups is 1. The van der Waals surface area contributed by atoms with Crippen LogP contribution < -0.4 is 10.6 Å². The number of carbonyl (C=O) groups excluding carboxylic acids is 1. The van der Waals surface area contributed by atoms with E-state index in [1.165, 1.54) is 19.3 Å². The highest BCUT2D eigenvalue weighted by Crippen LogP contribution is 2.13. The summed E-state index contributed by atoms with van der Waals surface area (Å²) in [6, 6.07) is 0.497. The van der Waals surface area contributed by atoms with Crippen molar-refractivity contribution in [3.05, 3.63) is 0 Å². The van der Waals surface area contributed by atoms with Crippen molar-refractivity contribution in [2.75, 3.05) is 13.1 Å². The van der Waals surface area contributed by atoms with Crippen molar-refractivity contribution in [3.8, 4) is 0 Å². The Balaban J connectivity index is 2.25. The number of hydrogen-bond donors (Lipinski definition) is 2. The molecular formula is C14H28N2O. The van der Waals surface area contributed by atoms with Gasteiger partial charge in [0.05, 0.1) is 0 Å². The third kappa shape index (κ3) is 5.53. The van der Waals surface area contributed by atoms with Gasteiger partial charge in [0.1, 0.15) is 0 Å². The fourth-order valence-electron chi connectivity index (χ4n) is 2.57. The molecule has 0 saturated carbocycles. The standard InChI is InChI=1S/C14H28N2O/c1-3-7-12(8-4-2)14(17)16-11-13-9-5-6-10-15-13/h12-13,15H,3-11H2,1-2H3,(H,16,17). The highest BCUT2D eigenvalue weighted by molar-refractivity contribution is 5.78. The lowest BCUT2D eigenvalue weighted by molar-refractivity contribution is -0.125. The van der Waals surface area contributed by atoms with Gasteiger partial charge in [0.2, 0.25) is 5.91 Å². The number of piperidine rings is 1. The summed E-state index contributed by atoms with van der Waals surface area (Å²) in [6.07, 6.45) is 8.02. The molecule has 1 amide bonds. The van der Waals surface area contributed by atoms with Gasteiger partial charge in [-0.15, -0.1) is 0 Å². The molecular weight excluding hydrogens is 212 g/mol. The van der Waals surface area contributed by atoms with Crippen LogP contribution in [0.1, 0.15) is 58.8 Å². The first-order valence-electron chi connectivity index (χ1n) is 7.29. The molecule has 0 spiro atoms. The zero-order valence-corrected chi connectivity index (χ0v) is 11.4. The van der Waals surface area contributed by atoms with Gasteiger partial charge in [0.25, 0.3) is 0 Å². The predicted molar refractivity (Wildman–Crippen MR) is 72.0 cm³/mol. The third-order valence-corrected chi connectivity index (χ3v) is 3.58. The van der Waals surface area contributed by atoms with Gasteiger partial charge in [0, 0.05) is 18.5 Å². The van der Waals surface area contributed by atoms with Crippen molar-refractivity contribution in [1.29, 1.82) is 0 Å². The minimum atomic E-state index is 0.230. The van der Waals surface area contributed by atoms with E-state index in [2.05, 4.69) is 24.5 Å². The van der Waals surface area contributed by atoms with Gasteiger partial charge in [-0.1, -0.05) is 33.1 Å². The lowest BCUT2D eigenvalue weighted by Gasteiger charge is -2.24. The first kappa shape index (κ1) is 14.5. The van der Waals surface area contributed by atoms with Gasteiger partial charge >= 0.3 is 0 Å². The van der Waals surface area contributed by atoms with Crippen LogP contribution in [-0.2, 0) is 4.79 Å². The molecule has 100 valence electrons. The molecule has 1 fully saturated rings. The van der Waals surface area contributed by atoms with Gasteiger partial charge in [-0.05, 0) is 32.2 Å². The molecule has 1 heterocycles. The number of amides is 1. The molecule has 0 aromatic carbocycles.